The number of hydrogen-bond acceptors (Lipinski definition) is 3. The average Bonchev–Trinajstić information content (AvgIpc) is 2.80. The topological polar surface area (TPSA) is 58.6 Å². The zero-order valence-electron chi connectivity index (χ0n) is 20.8. The molecule has 0 bridgehead atoms. The third kappa shape index (κ3) is 8.15. The molecule has 1 N–H and O–H groups in total. The molecular weight excluding hydrogens is 460 g/mol. The van der Waals surface area contributed by atoms with E-state index in [1.54, 1.807) is 11.0 Å². The zero-order valence-corrected chi connectivity index (χ0v) is 21.5. The maximum atomic E-state index is 13.6. The smallest absolute Gasteiger partial charge is 0.261 e. The number of hydrogen-bond donors (Lipinski definition) is 1. The van der Waals surface area contributed by atoms with E-state index >= 15 is 0 Å². The maximum Gasteiger partial charge on any atom is 0.261 e. The van der Waals surface area contributed by atoms with E-state index in [-0.39, 0.29) is 25.0 Å². The number of nitrogens with one attached hydrogen (secondary N) is 1. The molecule has 0 aromatic heterocycles. The van der Waals surface area contributed by atoms with E-state index in [4.69, 9.17) is 16.3 Å². The van der Waals surface area contributed by atoms with Crippen LogP contribution in [0.4, 0.5) is 0 Å². The maximum absolute atomic E-state index is 13.6. The third-order valence-electron chi connectivity index (χ3n) is 5.42. The predicted octanol–water partition coefficient (Wildman–Crippen LogP) is 5.58. The van der Waals surface area contributed by atoms with Crippen molar-refractivity contribution in [2.45, 2.75) is 52.2 Å². The van der Waals surface area contributed by atoms with E-state index in [2.05, 4.69) is 5.32 Å². The molecule has 0 spiro atoms. The molecule has 0 saturated heterocycles. The minimum atomic E-state index is -0.749. The van der Waals surface area contributed by atoms with Crippen LogP contribution in [0.1, 0.15) is 37.5 Å². The van der Waals surface area contributed by atoms with Crippen LogP contribution in [0.3, 0.4) is 0 Å². The Kier molecular flexibility index (Phi) is 8.94. The van der Waals surface area contributed by atoms with E-state index in [1.165, 1.54) is 0 Å². The summed E-state index contributed by atoms with van der Waals surface area (Å²) in [6, 6.07) is 23.8. The predicted molar refractivity (Wildman–Crippen MR) is 141 cm³/mol. The highest BCUT2D eigenvalue weighted by molar-refractivity contribution is 6.31. The van der Waals surface area contributed by atoms with Crippen LogP contribution in [0.5, 0.6) is 5.75 Å². The fraction of sp³-hybridized carbons (Fsp3) is 0.310. The quantitative estimate of drug-likeness (QED) is 0.424. The Labute approximate surface area is 213 Å². The Hall–Kier alpha value is -3.31. The van der Waals surface area contributed by atoms with Crippen LogP contribution in [0.15, 0.2) is 78.9 Å². The molecule has 6 heteroatoms. The van der Waals surface area contributed by atoms with Crippen molar-refractivity contribution in [3.05, 3.63) is 101 Å². The lowest BCUT2D eigenvalue weighted by molar-refractivity contribution is -0.143. The summed E-state index contributed by atoms with van der Waals surface area (Å²) >= 11 is 6.44. The summed E-state index contributed by atoms with van der Waals surface area (Å²) in [5.74, 6) is 0.0866. The van der Waals surface area contributed by atoms with Gasteiger partial charge in [0, 0.05) is 23.5 Å². The minimum absolute atomic E-state index is 0.185. The van der Waals surface area contributed by atoms with Crippen molar-refractivity contribution in [3.8, 4) is 5.75 Å². The van der Waals surface area contributed by atoms with Gasteiger partial charge in [-0.05, 0) is 62.6 Å². The molecule has 0 aliphatic heterocycles. The largest absolute Gasteiger partial charge is 0.484 e. The number of halogens is 1. The number of ether oxygens (including phenoxy) is 1. The van der Waals surface area contributed by atoms with Crippen LogP contribution in [-0.4, -0.2) is 34.9 Å². The molecule has 3 aromatic rings. The molecular formula is C29H33ClN2O3. The Morgan fingerprint density at radius 1 is 0.971 bits per heavy atom. The van der Waals surface area contributed by atoms with Gasteiger partial charge in [0.25, 0.3) is 5.91 Å². The SMILES string of the molecule is Cc1cccc(OCC(=O)N(Cc2ccccc2Cl)[C@H](Cc2ccccc2)C(=O)NC(C)(C)C)c1. The van der Waals surface area contributed by atoms with Crippen molar-refractivity contribution in [2.75, 3.05) is 6.61 Å². The lowest BCUT2D eigenvalue weighted by atomic mass is 10.0. The van der Waals surface area contributed by atoms with Gasteiger partial charge in [-0.25, -0.2) is 0 Å². The molecule has 0 heterocycles. The van der Waals surface area contributed by atoms with Gasteiger partial charge in [-0.1, -0.05) is 72.3 Å². The number of carbonyl (C=O) groups excluding carboxylic acids is 2. The second-order valence-electron chi connectivity index (χ2n) is 9.66. The second kappa shape index (κ2) is 11.9. The fourth-order valence-electron chi connectivity index (χ4n) is 3.75. The van der Waals surface area contributed by atoms with Crippen LogP contribution < -0.4 is 10.1 Å². The minimum Gasteiger partial charge on any atom is -0.484 e. The summed E-state index contributed by atoms with van der Waals surface area (Å²) in [4.78, 5) is 28.7. The van der Waals surface area contributed by atoms with E-state index < -0.39 is 11.6 Å². The molecule has 0 fully saturated rings. The first-order valence-corrected chi connectivity index (χ1v) is 12.1. The van der Waals surface area contributed by atoms with Gasteiger partial charge in [0.2, 0.25) is 5.91 Å². The van der Waals surface area contributed by atoms with Crippen LogP contribution in [0, 0.1) is 6.92 Å². The van der Waals surface area contributed by atoms with Gasteiger partial charge in [-0.15, -0.1) is 0 Å². The van der Waals surface area contributed by atoms with Crippen LogP contribution in [0.2, 0.25) is 5.02 Å². The summed E-state index contributed by atoms with van der Waals surface area (Å²) in [7, 11) is 0. The van der Waals surface area contributed by atoms with Crippen molar-refractivity contribution in [2.24, 2.45) is 0 Å². The molecule has 3 aromatic carbocycles. The first-order chi connectivity index (χ1) is 16.6. The molecule has 35 heavy (non-hydrogen) atoms. The van der Waals surface area contributed by atoms with Crippen molar-refractivity contribution < 1.29 is 14.3 Å². The van der Waals surface area contributed by atoms with Crippen LogP contribution in [-0.2, 0) is 22.6 Å². The standard InChI is InChI=1S/C29H33ClN2O3/c1-21-11-10-15-24(17-21)35-20-27(33)32(19-23-14-8-9-16-25(23)30)26(28(34)31-29(2,3)4)18-22-12-6-5-7-13-22/h5-17,26H,18-20H2,1-4H3,(H,31,34)/t26-/m1/s1. The molecule has 5 nitrogen and oxygen atoms in total. The normalized spacial score (nSPS) is 12.0. The molecule has 184 valence electrons. The van der Waals surface area contributed by atoms with Gasteiger partial charge in [0.15, 0.2) is 6.61 Å². The Bertz CT molecular complexity index is 1140. The van der Waals surface area contributed by atoms with Gasteiger partial charge in [-0.2, -0.15) is 0 Å². The molecule has 0 radical (unpaired) electrons. The lowest BCUT2D eigenvalue weighted by Crippen LogP contribution is -2.55. The number of amides is 2. The summed E-state index contributed by atoms with van der Waals surface area (Å²) in [5, 5.41) is 3.59. The average molecular weight is 493 g/mol. The third-order valence-corrected chi connectivity index (χ3v) is 5.79. The van der Waals surface area contributed by atoms with E-state index in [1.807, 2.05) is 100 Å². The molecule has 0 unspecified atom stereocenters. The summed E-state index contributed by atoms with van der Waals surface area (Å²) in [6.45, 7) is 7.72. The van der Waals surface area contributed by atoms with Gasteiger partial charge < -0.3 is 15.0 Å². The van der Waals surface area contributed by atoms with Crippen molar-refractivity contribution in [1.82, 2.24) is 10.2 Å². The molecule has 1 atom stereocenters. The zero-order chi connectivity index (χ0) is 25.4. The highest BCUT2D eigenvalue weighted by Gasteiger charge is 2.32. The monoisotopic (exact) mass is 492 g/mol. The molecule has 0 aliphatic carbocycles. The van der Waals surface area contributed by atoms with Crippen molar-refractivity contribution in [3.63, 3.8) is 0 Å². The van der Waals surface area contributed by atoms with Crippen molar-refractivity contribution >= 4 is 23.4 Å². The van der Waals surface area contributed by atoms with Crippen molar-refractivity contribution in [1.29, 1.82) is 0 Å². The van der Waals surface area contributed by atoms with Gasteiger partial charge in [0.05, 0.1) is 0 Å². The van der Waals surface area contributed by atoms with E-state index in [9.17, 15) is 9.59 Å². The van der Waals surface area contributed by atoms with E-state index in [0.29, 0.717) is 17.2 Å². The number of aryl methyl sites for hydroxylation is 1. The van der Waals surface area contributed by atoms with Crippen LogP contribution in [0.25, 0.3) is 0 Å². The Morgan fingerprint density at radius 3 is 2.31 bits per heavy atom. The Morgan fingerprint density at radius 2 is 1.66 bits per heavy atom. The number of benzene rings is 3. The lowest BCUT2D eigenvalue weighted by Gasteiger charge is -2.34. The van der Waals surface area contributed by atoms with Gasteiger partial charge in [-0.3, -0.25) is 9.59 Å². The second-order valence-corrected chi connectivity index (χ2v) is 10.1. The highest BCUT2D eigenvalue weighted by Crippen LogP contribution is 2.21. The molecule has 2 amide bonds. The number of carbonyl (C=O) groups is 2. The Balaban J connectivity index is 1.94. The summed E-state index contributed by atoms with van der Waals surface area (Å²) in [6.07, 6.45) is 0.364. The van der Waals surface area contributed by atoms with Gasteiger partial charge >= 0.3 is 0 Å². The number of nitrogens with zero attached hydrogens (tertiary/aromatic N) is 1. The summed E-state index contributed by atoms with van der Waals surface area (Å²) < 4.78 is 5.82. The number of rotatable bonds is 9. The fourth-order valence-corrected chi connectivity index (χ4v) is 3.95. The first kappa shape index (κ1) is 26.3. The van der Waals surface area contributed by atoms with E-state index in [0.717, 1.165) is 16.7 Å². The van der Waals surface area contributed by atoms with Gasteiger partial charge in [0.1, 0.15) is 11.8 Å². The molecule has 0 aliphatic rings. The molecule has 3 rings (SSSR count). The van der Waals surface area contributed by atoms with Crippen LogP contribution >= 0.6 is 11.6 Å². The first-order valence-electron chi connectivity index (χ1n) is 11.7. The molecule has 0 saturated carbocycles. The summed E-state index contributed by atoms with van der Waals surface area (Å²) in [5.41, 5.74) is 2.30. The highest BCUT2D eigenvalue weighted by atomic mass is 35.5.